The largest absolute Gasteiger partial charge is 0.391 e. The van der Waals surface area contributed by atoms with Crippen LogP contribution in [0.5, 0.6) is 0 Å². The van der Waals surface area contributed by atoms with Gasteiger partial charge in [0.15, 0.2) is 0 Å². The van der Waals surface area contributed by atoms with E-state index in [4.69, 9.17) is 0 Å². The molecule has 0 spiro atoms. The third-order valence-corrected chi connectivity index (χ3v) is 5.99. The predicted octanol–water partition coefficient (Wildman–Crippen LogP) is 3.13. The number of likely N-dealkylation sites (tertiary alicyclic amines) is 1. The van der Waals surface area contributed by atoms with Gasteiger partial charge in [0.05, 0.1) is 22.2 Å². The van der Waals surface area contributed by atoms with E-state index in [9.17, 15) is 14.7 Å². The van der Waals surface area contributed by atoms with Gasteiger partial charge in [-0.05, 0) is 23.5 Å². The van der Waals surface area contributed by atoms with Gasteiger partial charge in [-0.3, -0.25) is 9.59 Å². The summed E-state index contributed by atoms with van der Waals surface area (Å²) < 4.78 is 0. The molecule has 0 saturated carbocycles. The molecule has 1 unspecified atom stereocenters. The topological polar surface area (TPSA) is 82.5 Å². The van der Waals surface area contributed by atoms with Crippen LogP contribution in [0.3, 0.4) is 0 Å². The summed E-state index contributed by atoms with van der Waals surface area (Å²) in [4.78, 5) is 32.3. The van der Waals surface area contributed by atoms with Crippen molar-refractivity contribution in [2.45, 2.75) is 59.2 Å². The number of aryl methyl sites for hydroxylation is 1. The maximum atomic E-state index is 12.7. The number of rotatable bonds is 5. The molecule has 1 saturated heterocycles. The molecule has 29 heavy (non-hydrogen) atoms. The van der Waals surface area contributed by atoms with Crippen LogP contribution >= 0.6 is 11.3 Å². The Morgan fingerprint density at radius 2 is 1.97 bits per heavy atom. The Labute approximate surface area is 176 Å². The molecule has 6 nitrogen and oxygen atoms in total. The zero-order valence-corrected chi connectivity index (χ0v) is 18.3. The van der Waals surface area contributed by atoms with Crippen LogP contribution in [0.4, 0.5) is 0 Å². The van der Waals surface area contributed by atoms with Crippen LogP contribution in [0.1, 0.15) is 44.9 Å². The smallest absolute Gasteiger partial charge is 0.243 e. The first-order chi connectivity index (χ1) is 13.6. The summed E-state index contributed by atoms with van der Waals surface area (Å²) in [6, 6.07) is 7.42. The van der Waals surface area contributed by atoms with Crippen LogP contribution in [0.15, 0.2) is 29.8 Å². The quantitative estimate of drug-likeness (QED) is 0.786. The van der Waals surface area contributed by atoms with E-state index < -0.39 is 12.1 Å². The lowest BCUT2D eigenvalue weighted by molar-refractivity contribution is -0.140. The Balaban J connectivity index is 1.60. The second-order valence-corrected chi connectivity index (χ2v) is 9.73. The monoisotopic (exact) mass is 415 g/mol. The maximum Gasteiger partial charge on any atom is 0.243 e. The molecule has 156 valence electrons. The molecule has 2 atom stereocenters. The normalized spacial score (nSPS) is 19.4. The van der Waals surface area contributed by atoms with E-state index in [1.54, 1.807) is 11.3 Å². The minimum Gasteiger partial charge on any atom is -0.391 e. The summed E-state index contributed by atoms with van der Waals surface area (Å²) in [7, 11) is 0. The van der Waals surface area contributed by atoms with E-state index in [0.29, 0.717) is 13.0 Å². The number of nitrogens with zero attached hydrogens (tertiary/aromatic N) is 2. The van der Waals surface area contributed by atoms with Crippen molar-refractivity contribution >= 4 is 23.2 Å². The molecule has 1 aliphatic rings. The molecule has 2 amide bonds. The molecular weight excluding hydrogens is 386 g/mol. The zero-order valence-electron chi connectivity index (χ0n) is 17.4. The van der Waals surface area contributed by atoms with Crippen molar-refractivity contribution in [2.24, 2.45) is 5.41 Å². The molecule has 0 aliphatic carbocycles. The van der Waals surface area contributed by atoms with Crippen molar-refractivity contribution in [1.29, 1.82) is 0 Å². The second-order valence-electron chi connectivity index (χ2n) is 8.87. The molecule has 1 aromatic heterocycles. The van der Waals surface area contributed by atoms with Crippen molar-refractivity contribution in [2.75, 3.05) is 6.54 Å². The van der Waals surface area contributed by atoms with E-state index >= 15 is 0 Å². The first kappa shape index (κ1) is 21.5. The number of nitrogens with one attached hydrogen (secondary N) is 1. The van der Waals surface area contributed by atoms with E-state index in [2.05, 4.69) is 10.3 Å². The Hall–Kier alpha value is -2.25. The zero-order chi connectivity index (χ0) is 21.2. The fourth-order valence-electron chi connectivity index (χ4n) is 3.55. The van der Waals surface area contributed by atoms with Gasteiger partial charge in [0.25, 0.3) is 0 Å². The van der Waals surface area contributed by atoms with Gasteiger partial charge >= 0.3 is 0 Å². The van der Waals surface area contributed by atoms with Crippen LogP contribution in [0.25, 0.3) is 10.4 Å². The summed E-state index contributed by atoms with van der Waals surface area (Å²) in [5.41, 5.74) is 4.77. The number of β-amino-alcohol motifs (C(OH)–C–C–N with tert-alkyl or cyclic N) is 1. The average Bonchev–Trinajstić information content (AvgIpc) is 3.24. The highest BCUT2D eigenvalue weighted by molar-refractivity contribution is 7.13. The summed E-state index contributed by atoms with van der Waals surface area (Å²) in [5.74, 6) is -0.301. The number of hydrogen-bond acceptors (Lipinski definition) is 5. The lowest BCUT2D eigenvalue weighted by atomic mass is 9.91. The minimum atomic E-state index is -0.656. The molecule has 2 aromatic rings. The van der Waals surface area contributed by atoms with E-state index in [-0.39, 0.29) is 30.2 Å². The van der Waals surface area contributed by atoms with E-state index in [1.807, 2.05) is 57.5 Å². The van der Waals surface area contributed by atoms with E-state index in [0.717, 1.165) is 21.7 Å². The number of carbonyl (C=O) groups excluding carboxylic acids is 2. The Bertz CT molecular complexity index is 870. The number of hydrogen-bond donors (Lipinski definition) is 2. The fourth-order valence-corrected chi connectivity index (χ4v) is 4.36. The van der Waals surface area contributed by atoms with Crippen LogP contribution in [0.2, 0.25) is 0 Å². The van der Waals surface area contributed by atoms with E-state index in [1.165, 1.54) is 4.90 Å². The third kappa shape index (κ3) is 5.42. The van der Waals surface area contributed by atoms with Crippen molar-refractivity contribution in [1.82, 2.24) is 15.2 Å². The molecule has 0 radical (unpaired) electrons. The summed E-state index contributed by atoms with van der Waals surface area (Å²) in [5, 5.41) is 12.9. The molecule has 1 aromatic carbocycles. The first-order valence-corrected chi connectivity index (χ1v) is 10.8. The number of amides is 2. The molecule has 1 aliphatic heterocycles. The van der Waals surface area contributed by atoms with Gasteiger partial charge in [-0.25, -0.2) is 4.98 Å². The van der Waals surface area contributed by atoms with Crippen LogP contribution in [-0.4, -0.2) is 45.5 Å². The predicted molar refractivity (Wildman–Crippen MR) is 114 cm³/mol. The van der Waals surface area contributed by atoms with Crippen LogP contribution < -0.4 is 5.32 Å². The standard InChI is InChI=1S/C22H29N3O3S/c1-14-20(29-13-24-14)16-7-5-15(6-8-16)11-23-21(28)18-9-17(26)12-25(18)19(27)10-22(2,3)4/h5-8,13,17-18,26H,9-12H2,1-4H3,(H,23,28)/t17?,18-/m0/s1. The number of aliphatic hydroxyl groups excluding tert-OH is 1. The highest BCUT2D eigenvalue weighted by Gasteiger charge is 2.39. The van der Waals surface area contributed by atoms with Gasteiger partial charge < -0.3 is 15.3 Å². The molecular formula is C22H29N3O3S. The van der Waals surface area contributed by atoms with Crippen molar-refractivity contribution in [3.8, 4) is 10.4 Å². The number of thiazole rings is 1. The maximum absolute atomic E-state index is 12.7. The highest BCUT2D eigenvalue weighted by atomic mass is 32.1. The van der Waals surface area contributed by atoms with Crippen molar-refractivity contribution < 1.29 is 14.7 Å². The van der Waals surface area contributed by atoms with Crippen LogP contribution in [-0.2, 0) is 16.1 Å². The minimum absolute atomic E-state index is 0.0847. The Morgan fingerprint density at radius 3 is 2.55 bits per heavy atom. The SMILES string of the molecule is Cc1ncsc1-c1ccc(CNC(=O)[C@@H]2CC(O)CN2C(=O)CC(C)(C)C)cc1. The van der Waals surface area contributed by atoms with Crippen molar-refractivity contribution in [3.63, 3.8) is 0 Å². The lowest BCUT2D eigenvalue weighted by Gasteiger charge is -2.27. The van der Waals surface area contributed by atoms with Crippen LogP contribution in [0, 0.1) is 12.3 Å². The van der Waals surface area contributed by atoms with Gasteiger partial charge in [-0.1, -0.05) is 45.0 Å². The molecule has 7 heteroatoms. The van der Waals surface area contributed by atoms with Gasteiger partial charge in [0.2, 0.25) is 11.8 Å². The number of benzene rings is 1. The van der Waals surface area contributed by atoms with Crippen molar-refractivity contribution in [3.05, 3.63) is 41.0 Å². The molecule has 2 heterocycles. The Kier molecular flexibility index (Phi) is 6.39. The summed E-state index contributed by atoms with van der Waals surface area (Å²) >= 11 is 1.61. The molecule has 0 bridgehead atoms. The number of aliphatic hydroxyl groups is 1. The summed E-state index contributed by atoms with van der Waals surface area (Å²) in [6.45, 7) is 8.56. The lowest BCUT2D eigenvalue weighted by Crippen LogP contribution is -2.46. The number of aromatic nitrogens is 1. The van der Waals surface area contributed by atoms with Gasteiger partial charge in [-0.2, -0.15) is 0 Å². The van der Waals surface area contributed by atoms with Gasteiger partial charge in [0.1, 0.15) is 6.04 Å². The second kappa shape index (κ2) is 8.63. The third-order valence-electron chi connectivity index (χ3n) is 5.01. The molecule has 1 fully saturated rings. The highest BCUT2D eigenvalue weighted by Crippen LogP contribution is 2.27. The average molecular weight is 416 g/mol. The first-order valence-electron chi connectivity index (χ1n) is 9.89. The Morgan fingerprint density at radius 1 is 1.28 bits per heavy atom. The molecule has 2 N–H and O–H groups in total. The molecule has 3 rings (SSSR count). The summed E-state index contributed by atoms with van der Waals surface area (Å²) in [6.07, 6.45) is -0.0237. The van der Waals surface area contributed by atoms with Gasteiger partial charge in [0, 0.05) is 25.9 Å². The fraction of sp³-hybridized carbons (Fsp3) is 0.500. The van der Waals surface area contributed by atoms with Gasteiger partial charge in [-0.15, -0.1) is 11.3 Å². The number of carbonyl (C=O) groups is 2.